The molecule has 3 rings (SSSR count). The lowest BCUT2D eigenvalue weighted by molar-refractivity contribution is -0.129. The van der Waals surface area contributed by atoms with Gasteiger partial charge in [-0.1, -0.05) is 24.3 Å². The van der Waals surface area contributed by atoms with Crippen molar-refractivity contribution in [2.45, 2.75) is 25.8 Å². The summed E-state index contributed by atoms with van der Waals surface area (Å²) < 4.78 is 5.90. The number of rotatable bonds is 3. The quantitative estimate of drug-likeness (QED) is 0.864. The molecular weight excluding hydrogens is 264 g/mol. The number of likely N-dealkylation sites (tertiary alicyclic amines) is 1. The molecule has 0 unspecified atom stereocenters. The van der Waals surface area contributed by atoms with Crippen LogP contribution in [0.1, 0.15) is 31.4 Å². The number of hydrogen-bond donors (Lipinski definition) is 0. The van der Waals surface area contributed by atoms with Gasteiger partial charge in [-0.05, 0) is 31.0 Å². The molecule has 21 heavy (non-hydrogen) atoms. The smallest absolute Gasteiger partial charge is 0.224 e. The van der Waals surface area contributed by atoms with Gasteiger partial charge in [0.1, 0.15) is 5.75 Å². The molecule has 1 aromatic carbocycles. The third-order valence-electron chi connectivity index (χ3n) is 3.77. The largest absolute Gasteiger partial charge is 0.439 e. The number of aromatic nitrogens is 1. The minimum atomic E-state index is 0.0647. The van der Waals surface area contributed by atoms with Crippen molar-refractivity contribution in [2.24, 2.45) is 0 Å². The molecular formula is C17H18N2O2. The van der Waals surface area contributed by atoms with E-state index in [0.29, 0.717) is 5.88 Å². The average molecular weight is 282 g/mol. The molecule has 0 radical (unpaired) electrons. The topological polar surface area (TPSA) is 42.4 Å². The van der Waals surface area contributed by atoms with Crippen molar-refractivity contribution < 1.29 is 9.53 Å². The molecule has 1 aliphatic rings. The highest BCUT2D eigenvalue weighted by atomic mass is 16.5. The number of para-hydroxylation sites is 1. The Kier molecular flexibility index (Phi) is 3.86. The maximum atomic E-state index is 11.8. The van der Waals surface area contributed by atoms with Gasteiger partial charge in [-0.3, -0.25) is 4.79 Å². The minimum absolute atomic E-state index is 0.0647. The first-order valence-corrected chi connectivity index (χ1v) is 7.21. The highest BCUT2D eigenvalue weighted by Crippen LogP contribution is 2.37. The van der Waals surface area contributed by atoms with Gasteiger partial charge in [0.15, 0.2) is 0 Å². The Morgan fingerprint density at radius 3 is 2.81 bits per heavy atom. The van der Waals surface area contributed by atoms with Crippen LogP contribution in [0.15, 0.2) is 48.7 Å². The summed E-state index contributed by atoms with van der Waals surface area (Å²) in [5, 5.41) is 0. The van der Waals surface area contributed by atoms with E-state index in [9.17, 15) is 4.79 Å². The fourth-order valence-electron chi connectivity index (χ4n) is 2.81. The van der Waals surface area contributed by atoms with E-state index in [1.807, 2.05) is 47.4 Å². The van der Waals surface area contributed by atoms with Gasteiger partial charge in [0, 0.05) is 25.2 Å². The number of benzene rings is 1. The SMILES string of the molecule is CC(=O)N1CCC[C@H]1c1cccnc1Oc1ccccc1. The molecule has 1 aliphatic heterocycles. The van der Waals surface area contributed by atoms with Gasteiger partial charge in [0.25, 0.3) is 0 Å². The molecule has 2 heterocycles. The first-order valence-electron chi connectivity index (χ1n) is 7.21. The summed E-state index contributed by atoms with van der Waals surface area (Å²) in [4.78, 5) is 18.0. The van der Waals surface area contributed by atoms with E-state index < -0.39 is 0 Å². The molecule has 0 saturated carbocycles. The number of amides is 1. The van der Waals surface area contributed by atoms with E-state index in [-0.39, 0.29) is 11.9 Å². The van der Waals surface area contributed by atoms with Crippen molar-refractivity contribution in [1.82, 2.24) is 9.88 Å². The fraction of sp³-hybridized carbons (Fsp3) is 0.294. The summed E-state index contributed by atoms with van der Waals surface area (Å²) >= 11 is 0. The molecule has 4 heteroatoms. The Labute approximate surface area is 124 Å². The predicted octanol–water partition coefficient (Wildman–Crippen LogP) is 3.56. The molecule has 0 spiro atoms. The zero-order valence-corrected chi connectivity index (χ0v) is 12.0. The van der Waals surface area contributed by atoms with Crippen LogP contribution in [-0.4, -0.2) is 22.3 Å². The van der Waals surface area contributed by atoms with Crippen LogP contribution in [0.5, 0.6) is 11.6 Å². The number of carbonyl (C=O) groups is 1. The Hall–Kier alpha value is -2.36. The van der Waals surface area contributed by atoms with Gasteiger partial charge >= 0.3 is 0 Å². The van der Waals surface area contributed by atoms with E-state index in [1.54, 1.807) is 13.1 Å². The van der Waals surface area contributed by atoms with E-state index >= 15 is 0 Å². The zero-order chi connectivity index (χ0) is 14.7. The molecule has 1 amide bonds. The third kappa shape index (κ3) is 2.89. The van der Waals surface area contributed by atoms with E-state index in [4.69, 9.17) is 4.74 Å². The molecule has 1 fully saturated rings. The first kappa shape index (κ1) is 13.6. The molecule has 0 N–H and O–H groups in total. The number of carbonyl (C=O) groups excluding carboxylic acids is 1. The molecule has 1 atom stereocenters. The molecule has 4 nitrogen and oxygen atoms in total. The summed E-state index contributed by atoms with van der Waals surface area (Å²) in [5.41, 5.74) is 0.981. The maximum Gasteiger partial charge on any atom is 0.224 e. The molecule has 0 aliphatic carbocycles. The first-order chi connectivity index (χ1) is 10.3. The van der Waals surface area contributed by atoms with Crippen molar-refractivity contribution in [1.29, 1.82) is 0 Å². The molecule has 2 aromatic rings. The minimum Gasteiger partial charge on any atom is -0.439 e. The lowest BCUT2D eigenvalue weighted by Crippen LogP contribution is -2.28. The van der Waals surface area contributed by atoms with Crippen LogP contribution in [0.2, 0.25) is 0 Å². The van der Waals surface area contributed by atoms with Crippen LogP contribution < -0.4 is 4.74 Å². The maximum absolute atomic E-state index is 11.8. The van der Waals surface area contributed by atoms with E-state index in [0.717, 1.165) is 30.7 Å². The van der Waals surface area contributed by atoms with Crippen LogP contribution in [0.25, 0.3) is 0 Å². The second-order valence-corrected chi connectivity index (χ2v) is 5.18. The van der Waals surface area contributed by atoms with E-state index in [2.05, 4.69) is 4.98 Å². The number of nitrogens with zero attached hydrogens (tertiary/aromatic N) is 2. The number of ether oxygens (including phenoxy) is 1. The lowest BCUT2D eigenvalue weighted by Gasteiger charge is -2.24. The summed E-state index contributed by atoms with van der Waals surface area (Å²) in [5.74, 6) is 1.44. The predicted molar refractivity (Wildman–Crippen MR) is 80.1 cm³/mol. The zero-order valence-electron chi connectivity index (χ0n) is 12.0. The molecule has 0 bridgehead atoms. The van der Waals surface area contributed by atoms with Crippen molar-refractivity contribution in [2.75, 3.05) is 6.54 Å². The van der Waals surface area contributed by atoms with Crippen molar-refractivity contribution in [3.8, 4) is 11.6 Å². The fourth-order valence-corrected chi connectivity index (χ4v) is 2.81. The standard InChI is InChI=1S/C17H18N2O2/c1-13(20)19-12-6-10-16(19)15-9-5-11-18-17(15)21-14-7-3-2-4-8-14/h2-5,7-9,11,16H,6,10,12H2,1H3/t16-/m0/s1. The highest BCUT2D eigenvalue weighted by molar-refractivity contribution is 5.74. The molecule has 1 aromatic heterocycles. The number of hydrogen-bond acceptors (Lipinski definition) is 3. The van der Waals surface area contributed by atoms with Crippen LogP contribution >= 0.6 is 0 Å². The summed E-state index contributed by atoms with van der Waals surface area (Å²) in [6.45, 7) is 2.42. The summed E-state index contributed by atoms with van der Waals surface area (Å²) in [7, 11) is 0. The van der Waals surface area contributed by atoms with Crippen molar-refractivity contribution in [3.05, 3.63) is 54.2 Å². The Morgan fingerprint density at radius 2 is 2.05 bits per heavy atom. The van der Waals surface area contributed by atoms with Crippen LogP contribution in [0, 0.1) is 0 Å². The van der Waals surface area contributed by atoms with Gasteiger partial charge in [0.2, 0.25) is 11.8 Å². The number of pyridine rings is 1. The van der Waals surface area contributed by atoms with Crippen molar-refractivity contribution >= 4 is 5.91 Å². The average Bonchev–Trinajstić information content (AvgIpc) is 2.98. The monoisotopic (exact) mass is 282 g/mol. The van der Waals surface area contributed by atoms with Crippen LogP contribution in [0.3, 0.4) is 0 Å². The Morgan fingerprint density at radius 1 is 1.24 bits per heavy atom. The normalized spacial score (nSPS) is 17.8. The van der Waals surface area contributed by atoms with Gasteiger partial charge in [0.05, 0.1) is 6.04 Å². The second kappa shape index (κ2) is 5.95. The van der Waals surface area contributed by atoms with Crippen LogP contribution in [0.4, 0.5) is 0 Å². The van der Waals surface area contributed by atoms with E-state index in [1.165, 1.54) is 0 Å². The highest BCUT2D eigenvalue weighted by Gasteiger charge is 2.30. The summed E-state index contributed by atoms with van der Waals surface area (Å²) in [6, 6.07) is 13.5. The Balaban J connectivity index is 1.91. The van der Waals surface area contributed by atoms with Crippen LogP contribution in [-0.2, 0) is 4.79 Å². The molecule has 108 valence electrons. The second-order valence-electron chi connectivity index (χ2n) is 5.18. The third-order valence-corrected chi connectivity index (χ3v) is 3.77. The van der Waals surface area contributed by atoms with Gasteiger partial charge < -0.3 is 9.64 Å². The van der Waals surface area contributed by atoms with Gasteiger partial charge in [-0.2, -0.15) is 0 Å². The van der Waals surface area contributed by atoms with Gasteiger partial charge in [-0.15, -0.1) is 0 Å². The van der Waals surface area contributed by atoms with Crippen molar-refractivity contribution in [3.63, 3.8) is 0 Å². The Bertz CT molecular complexity index is 628. The summed E-state index contributed by atoms with van der Waals surface area (Å²) in [6.07, 6.45) is 3.69. The van der Waals surface area contributed by atoms with Gasteiger partial charge in [-0.25, -0.2) is 4.98 Å². The molecule has 1 saturated heterocycles. The lowest BCUT2D eigenvalue weighted by atomic mass is 10.1.